The number of hydrogen-bond acceptors (Lipinski definition) is 5. The van der Waals surface area contributed by atoms with E-state index < -0.39 is 16.7 Å². The largest absolute Gasteiger partial charge is 0.480 e. The normalized spacial score (nSPS) is 20.7. The van der Waals surface area contributed by atoms with Crippen molar-refractivity contribution in [1.29, 1.82) is 0 Å². The second-order valence-electron chi connectivity index (χ2n) is 17.9. The second-order valence-corrected chi connectivity index (χ2v) is 18.2. The topological polar surface area (TPSA) is 83.9 Å². The zero-order chi connectivity index (χ0) is 45.0. The van der Waals surface area contributed by atoms with Gasteiger partial charge in [-0.05, 0) is 106 Å². The van der Waals surface area contributed by atoms with Crippen LogP contribution in [0.2, 0.25) is 0 Å². The number of nitrogens with zero attached hydrogens (tertiary/aromatic N) is 4. The van der Waals surface area contributed by atoms with Crippen LogP contribution >= 0.6 is 12.2 Å². The van der Waals surface area contributed by atoms with Gasteiger partial charge in [-0.1, -0.05) is 86.7 Å². The van der Waals surface area contributed by atoms with Crippen LogP contribution in [0, 0.1) is 5.92 Å². The highest BCUT2D eigenvalue weighted by Gasteiger charge is 2.49. The van der Waals surface area contributed by atoms with Crippen LogP contribution in [0.25, 0.3) is 0 Å². The fourth-order valence-electron chi connectivity index (χ4n) is 10.1. The predicted molar refractivity (Wildman–Crippen MR) is 256 cm³/mol. The number of rotatable bonds is 10. The Kier molecular flexibility index (Phi) is 11.5. The number of carbonyl (C=O) groups is 3. The quantitative estimate of drug-likeness (QED) is 0.0972. The molecule has 1 atom stereocenters. The van der Waals surface area contributed by atoms with Crippen LogP contribution in [0.5, 0.6) is 0 Å². The molecule has 63 heavy (non-hydrogen) atoms. The van der Waals surface area contributed by atoms with Crippen LogP contribution in [0.1, 0.15) is 104 Å². The van der Waals surface area contributed by atoms with Crippen LogP contribution in [0.15, 0.2) is 144 Å². The molecule has 4 aliphatic rings. The maximum Gasteiger partial charge on any atom is 0.356 e. The summed E-state index contributed by atoms with van der Waals surface area (Å²) in [5.74, 6) is -1.25. The van der Waals surface area contributed by atoms with E-state index in [1.54, 1.807) is 9.48 Å². The van der Waals surface area contributed by atoms with Crippen molar-refractivity contribution in [3.05, 3.63) is 177 Å². The first-order chi connectivity index (χ1) is 30.1. The number of thiocarbonyl (C=S) groups is 1. The second kappa shape index (κ2) is 16.8. The summed E-state index contributed by atoms with van der Waals surface area (Å²) < 4.78 is 3.86. The van der Waals surface area contributed by atoms with Crippen molar-refractivity contribution in [3.8, 4) is 0 Å². The molecule has 4 aromatic carbocycles. The highest BCUT2D eigenvalue weighted by Crippen LogP contribution is 2.48. The average molecular weight is 857 g/mol. The molecule has 320 valence electrons. The Hall–Kier alpha value is -6.32. The van der Waals surface area contributed by atoms with Crippen molar-refractivity contribution in [1.82, 2.24) is 4.90 Å². The minimum Gasteiger partial charge on any atom is -0.480 e. The van der Waals surface area contributed by atoms with Crippen molar-refractivity contribution >= 4 is 57.8 Å². The molecule has 0 saturated carbocycles. The highest BCUT2D eigenvalue weighted by atomic mass is 32.1. The van der Waals surface area contributed by atoms with Gasteiger partial charge in [0.15, 0.2) is 23.2 Å². The lowest BCUT2D eigenvalue weighted by Gasteiger charge is -2.32. The summed E-state index contributed by atoms with van der Waals surface area (Å²) in [4.78, 5) is 45.5. The van der Waals surface area contributed by atoms with E-state index in [4.69, 9.17) is 12.2 Å². The van der Waals surface area contributed by atoms with Crippen LogP contribution in [-0.4, -0.2) is 80.5 Å². The minimum atomic E-state index is -0.942. The van der Waals surface area contributed by atoms with Gasteiger partial charge in [0.1, 0.15) is 7.05 Å². The molecule has 1 unspecified atom stereocenters. The third kappa shape index (κ3) is 7.36. The molecule has 3 heterocycles. The standard InChI is InChI=1S/C54H55N4O4S/c1-9-57-50(61)47(51(62)58(10-2)52(57)63)46-34(26-30-44-53(3,4)40-32-38(24-28-42(40)55(44)7)48(59)36-18-13-11-14-19-36)22-17-23-35(46)27-31-45-54(5,6)41-33-39(25-29-43(41)56(45)8)49(60)37-20-15-12-16-21-37/h11-16,18-21,24-33,47H,9-10,17,22-23H2,1-8H3/q+1/p+1. The number of amides is 1. The third-order valence-corrected chi connectivity index (χ3v) is 14.0. The number of fused-ring (bicyclic) bond motifs is 2. The number of benzene rings is 4. The van der Waals surface area contributed by atoms with Crippen molar-refractivity contribution in [2.75, 3.05) is 32.1 Å². The molecule has 3 aliphatic heterocycles. The van der Waals surface area contributed by atoms with E-state index in [9.17, 15) is 19.5 Å². The molecule has 1 amide bonds. The van der Waals surface area contributed by atoms with E-state index in [2.05, 4.69) is 75.6 Å². The number of aliphatic hydroxyl groups excluding tert-OH is 1. The lowest BCUT2D eigenvalue weighted by molar-refractivity contribution is -0.425. The Morgan fingerprint density at radius 3 is 2.00 bits per heavy atom. The van der Waals surface area contributed by atoms with Crippen LogP contribution in [-0.2, 0) is 15.6 Å². The fourth-order valence-corrected chi connectivity index (χ4v) is 10.5. The SMILES string of the molecule is CCN1C(=O)C(C2=C(C=CC3=[N+](C)c4ccc(C(=O)c5ccccc5)cc4C3(C)C)CCC/C2=C\C=C2\N(C)c3ccc(C(=O)c4ccccc4)cc3C2(C)C)C(O)=[N+](CC)C1=S. The Morgan fingerprint density at radius 2 is 1.40 bits per heavy atom. The van der Waals surface area contributed by atoms with E-state index >= 15 is 0 Å². The molecule has 0 radical (unpaired) electrons. The summed E-state index contributed by atoms with van der Waals surface area (Å²) in [5.41, 5.74) is 10.8. The first kappa shape index (κ1) is 43.3. The van der Waals surface area contributed by atoms with E-state index in [-0.39, 0.29) is 23.4 Å². The van der Waals surface area contributed by atoms with Crippen molar-refractivity contribution in [2.45, 2.75) is 71.6 Å². The molecule has 1 aliphatic carbocycles. The molecule has 4 aromatic rings. The summed E-state index contributed by atoms with van der Waals surface area (Å²) >= 11 is 5.75. The van der Waals surface area contributed by atoms with Crippen molar-refractivity contribution in [2.24, 2.45) is 5.92 Å². The van der Waals surface area contributed by atoms with Gasteiger partial charge in [0, 0.05) is 76.0 Å². The van der Waals surface area contributed by atoms with Gasteiger partial charge in [-0.25, -0.2) is 4.79 Å². The van der Waals surface area contributed by atoms with Crippen molar-refractivity contribution < 1.29 is 28.6 Å². The Bertz CT molecular complexity index is 2790. The molecule has 0 spiro atoms. The number of carbonyl (C=O) groups excluding carboxylic acids is 3. The van der Waals surface area contributed by atoms with Crippen LogP contribution < -0.4 is 4.90 Å². The molecule has 9 heteroatoms. The lowest BCUT2D eigenvalue weighted by atomic mass is 9.77. The number of allylic oxidation sites excluding steroid dienone is 7. The fraction of sp³-hybridized carbons (Fsp3) is 0.296. The third-order valence-electron chi connectivity index (χ3n) is 13.6. The summed E-state index contributed by atoms with van der Waals surface area (Å²) in [6.07, 6.45) is 10.9. The molecular formula is C54H56N4O4S+2. The first-order valence-electron chi connectivity index (χ1n) is 22.0. The van der Waals surface area contributed by atoms with E-state index in [1.807, 2.05) is 111 Å². The van der Waals surface area contributed by atoms with Gasteiger partial charge in [0.2, 0.25) is 5.69 Å². The Labute approximate surface area is 376 Å². The zero-order valence-corrected chi connectivity index (χ0v) is 38.3. The molecule has 0 saturated heterocycles. The van der Waals surface area contributed by atoms with E-state index in [0.29, 0.717) is 53.3 Å². The van der Waals surface area contributed by atoms with Gasteiger partial charge in [0.25, 0.3) is 5.90 Å². The van der Waals surface area contributed by atoms with Gasteiger partial charge in [-0.15, -0.1) is 0 Å². The molecular weight excluding hydrogens is 801 g/mol. The van der Waals surface area contributed by atoms with Gasteiger partial charge >= 0.3 is 11.0 Å². The molecule has 0 aromatic heterocycles. The van der Waals surface area contributed by atoms with Crippen LogP contribution in [0.4, 0.5) is 11.4 Å². The van der Waals surface area contributed by atoms with Gasteiger partial charge in [0.05, 0.1) is 18.5 Å². The highest BCUT2D eigenvalue weighted by molar-refractivity contribution is 7.79. The Morgan fingerprint density at radius 1 is 0.794 bits per heavy atom. The summed E-state index contributed by atoms with van der Waals surface area (Å²) in [6.45, 7) is 13.4. The number of likely N-dealkylation sites (N-methyl/N-ethyl adjacent to an activating group) is 1. The summed E-state index contributed by atoms with van der Waals surface area (Å²) in [6, 6.07) is 30.7. The smallest absolute Gasteiger partial charge is 0.356 e. The predicted octanol–water partition coefficient (Wildman–Crippen LogP) is 10.2. The number of aliphatic hydroxyl groups is 1. The zero-order valence-electron chi connectivity index (χ0n) is 37.5. The first-order valence-corrected chi connectivity index (χ1v) is 22.4. The monoisotopic (exact) mass is 856 g/mol. The molecule has 1 N–H and O–H groups in total. The maximum absolute atomic E-state index is 14.6. The summed E-state index contributed by atoms with van der Waals surface area (Å²) in [5, 5.41) is 12.4. The number of ketones is 2. The minimum absolute atomic E-state index is 0.0129. The summed E-state index contributed by atoms with van der Waals surface area (Å²) in [7, 11) is 4.11. The number of hydrogen-bond donors (Lipinski definition) is 1. The van der Waals surface area contributed by atoms with Crippen LogP contribution in [0.3, 0.4) is 0 Å². The van der Waals surface area contributed by atoms with Crippen molar-refractivity contribution in [3.63, 3.8) is 0 Å². The van der Waals surface area contributed by atoms with E-state index in [1.165, 1.54) is 0 Å². The molecule has 8 nitrogen and oxygen atoms in total. The number of anilines is 1. The maximum atomic E-state index is 14.6. The average Bonchev–Trinajstić information content (AvgIpc) is 3.60. The molecule has 0 bridgehead atoms. The van der Waals surface area contributed by atoms with Gasteiger partial charge < -0.3 is 10.0 Å². The lowest BCUT2D eigenvalue weighted by Crippen LogP contribution is -2.55. The van der Waals surface area contributed by atoms with E-state index in [0.717, 1.165) is 57.1 Å². The molecule has 8 rings (SSSR count). The van der Waals surface area contributed by atoms with Gasteiger partial charge in [-0.3, -0.25) is 9.59 Å². The Balaban J connectivity index is 1.21. The molecule has 0 fully saturated rings. The van der Waals surface area contributed by atoms with Gasteiger partial charge in [-0.2, -0.15) is 14.1 Å².